The van der Waals surface area contributed by atoms with E-state index in [1.807, 2.05) is 18.2 Å². The Labute approximate surface area is 180 Å². The SMILES string of the molecule is CC(=O)Oc1cccc(C(=O)N2CCC(NC(=O)/C=C/c3ccccc3Cl)CC2)c1. The first-order chi connectivity index (χ1) is 14.4. The van der Waals surface area contributed by atoms with Gasteiger partial charge in [0.1, 0.15) is 5.75 Å². The number of esters is 1. The Balaban J connectivity index is 1.51. The van der Waals surface area contributed by atoms with Gasteiger partial charge in [-0.25, -0.2) is 0 Å². The Hall–Kier alpha value is -3.12. The van der Waals surface area contributed by atoms with Gasteiger partial charge >= 0.3 is 5.97 Å². The van der Waals surface area contributed by atoms with Crippen LogP contribution in [-0.2, 0) is 9.59 Å². The number of ether oxygens (including phenoxy) is 1. The Bertz CT molecular complexity index is 965. The molecule has 1 heterocycles. The lowest BCUT2D eigenvalue weighted by molar-refractivity contribution is -0.131. The van der Waals surface area contributed by atoms with E-state index in [4.69, 9.17) is 16.3 Å². The van der Waals surface area contributed by atoms with Crippen LogP contribution in [0.25, 0.3) is 6.08 Å². The molecule has 0 radical (unpaired) electrons. The van der Waals surface area contributed by atoms with Crippen LogP contribution in [-0.4, -0.2) is 41.8 Å². The van der Waals surface area contributed by atoms with E-state index in [-0.39, 0.29) is 17.9 Å². The van der Waals surface area contributed by atoms with E-state index in [2.05, 4.69) is 5.32 Å². The van der Waals surface area contributed by atoms with E-state index in [1.165, 1.54) is 13.0 Å². The molecule has 1 aliphatic rings. The van der Waals surface area contributed by atoms with Crippen molar-refractivity contribution in [2.45, 2.75) is 25.8 Å². The van der Waals surface area contributed by atoms with Crippen LogP contribution < -0.4 is 10.1 Å². The molecule has 156 valence electrons. The molecule has 0 aliphatic carbocycles. The smallest absolute Gasteiger partial charge is 0.308 e. The highest BCUT2D eigenvalue weighted by Crippen LogP contribution is 2.19. The number of nitrogens with zero attached hydrogens (tertiary/aromatic N) is 1. The fourth-order valence-electron chi connectivity index (χ4n) is 3.29. The molecule has 6 nitrogen and oxygen atoms in total. The van der Waals surface area contributed by atoms with Crippen LogP contribution in [0.2, 0.25) is 5.02 Å². The fourth-order valence-corrected chi connectivity index (χ4v) is 3.49. The summed E-state index contributed by atoms with van der Waals surface area (Å²) in [6.45, 7) is 2.39. The molecule has 2 amide bonds. The summed E-state index contributed by atoms with van der Waals surface area (Å²) < 4.78 is 5.04. The van der Waals surface area contributed by atoms with Crippen LogP contribution in [0, 0.1) is 0 Å². The minimum Gasteiger partial charge on any atom is -0.427 e. The summed E-state index contributed by atoms with van der Waals surface area (Å²) in [7, 11) is 0. The van der Waals surface area contributed by atoms with E-state index in [1.54, 1.807) is 41.3 Å². The van der Waals surface area contributed by atoms with Gasteiger partial charge in [-0.2, -0.15) is 0 Å². The second-order valence-corrected chi connectivity index (χ2v) is 7.46. The normalized spacial score (nSPS) is 14.5. The van der Waals surface area contributed by atoms with Crippen LogP contribution in [0.4, 0.5) is 0 Å². The molecule has 0 bridgehead atoms. The quantitative estimate of drug-likeness (QED) is 0.449. The van der Waals surface area contributed by atoms with E-state index in [0.717, 1.165) is 5.56 Å². The lowest BCUT2D eigenvalue weighted by Gasteiger charge is -2.32. The van der Waals surface area contributed by atoms with E-state index in [0.29, 0.717) is 42.3 Å². The molecular weight excluding hydrogens is 404 g/mol. The molecule has 1 fully saturated rings. The Morgan fingerprint density at radius 1 is 1.10 bits per heavy atom. The van der Waals surface area contributed by atoms with Crippen LogP contribution in [0.3, 0.4) is 0 Å². The highest BCUT2D eigenvalue weighted by molar-refractivity contribution is 6.32. The lowest BCUT2D eigenvalue weighted by atomic mass is 10.0. The van der Waals surface area contributed by atoms with E-state index >= 15 is 0 Å². The molecule has 1 N–H and O–H groups in total. The number of hydrogen-bond acceptors (Lipinski definition) is 4. The van der Waals surface area contributed by atoms with Gasteiger partial charge in [-0.15, -0.1) is 0 Å². The summed E-state index contributed by atoms with van der Waals surface area (Å²) >= 11 is 6.09. The Morgan fingerprint density at radius 3 is 2.53 bits per heavy atom. The van der Waals surface area contributed by atoms with E-state index < -0.39 is 5.97 Å². The van der Waals surface area contributed by atoms with Crippen molar-refractivity contribution in [3.05, 3.63) is 70.8 Å². The van der Waals surface area contributed by atoms with Gasteiger partial charge in [-0.1, -0.05) is 35.9 Å². The molecule has 0 atom stereocenters. The fraction of sp³-hybridized carbons (Fsp3) is 0.261. The van der Waals surface area contributed by atoms with Gasteiger partial charge in [0.2, 0.25) is 5.91 Å². The minimum absolute atomic E-state index is 0.00447. The van der Waals surface area contributed by atoms with Crippen molar-refractivity contribution in [3.63, 3.8) is 0 Å². The monoisotopic (exact) mass is 426 g/mol. The standard InChI is InChI=1S/C23H23ClN2O4/c1-16(27)30-20-7-4-6-18(15-20)23(29)26-13-11-19(12-14-26)25-22(28)10-9-17-5-2-3-8-21(17)24/h2-10,15,19H,11-14H2,1H3,(H,25,28)/b10-9+. The van der Waals surface area contributed by atoms with Crippen molar-refractivity contribution >= 4 is 35.5 Å². The Morgan fingerprint density at radius 2 is 1.83 bits per heavy atom. The van der Waals surface area contributed by atoms with Crippen molar-refractivity contribution < 1.29 is 19.1 Å². The highest BCUT2D eigenvalue weighted by Gasteiger charge is 2.24. The molecule has 1 aliphatic heterocycles. The lowest BCUT2D eigenvalue weighted by Crippen LogP contribution is -2.46. The van der Waals surface area contributed by atoms with Gasteiger partial charge in [0.25, 0.3) is 5.91 Å². The number of amides is 2. The first-order valence-electron chi connectivity index (χ1n) is 9.73. The van der Waals surface area contributed by atoms with Crippen LogP contribution in [0.1, 0.15) is 35.7 Å². The van der Waals surface area contributed by atoms with Gasteiger partial charge in [0, 0.05) is 42.7 Å². The zero-order valence-electron chi connectivity index (χ0n) is 16.6. The number of rotatable bonds is 5. The summed E-state index contributed by atoms with van der Waals surface area (Å²) in [6.07, 6.45) is 4.49. The highest BCUT2D eigenvalue weighted by atomic mass is 35.5. The van der Waals surface area contributed by atoms with Crippen molar-refractivity contribution in [3.8, 4) is 5.75 Å². The molecule has 0 aromatic heterocycles. The van der Waals surface area contributed by atoms with Crippen LogP contribution in [0.5, 0.6) is 5.75 Å². The molecule has 3 rings (SSSR count). The number of benzene rings is 2. The molecule has 0 spiro atoms. The minimum atomic E-state index is -0.431. The van der Waals surface area contributed by atoms with Crippen molar-refractivity contribution in [2.75, 3.05) is 13.1 Å². The topological polar surface area (TPSA) is 75.7 Å². The maximum Gasteiger partial charge on any atom is 0.308 e. The number of likely N-dealkylation sites (tertiary alicyclic amines) is 1. The van der Waals surface area contributed by atoms with Gasteiger partial charge in [-0.3, -0.25) is 14.4 Å². The van der Waals surface area contributed by atoms with Crippen LogP contribution in [0.15, 0.2) is 54.6 Å². The summed E-state index contributed by atoms with van der Waals surface area (Å²) in [4.78, 5) is 37.8. The second kappa shape index (κ2) is 10.1. The molecule has 2 aromatic rings. The number of piperidine rings is 1. The summed E-state index contributed by atoms with van der Waals surface area (Å²) in [5.74, 6) is -0.387. The van der Waals surface area contributed by atoms with Crippen LogP contribution >= 0.6 is 11.6 Å². The average molecular weight is 427 g/mol. The summed E-state index contributed by atoms with van der Waals surface area (Å²) in [5.41, 5.74) is 1.25. The molecule has 0 unspecified atom stereocenters. The van der Waals surface area contributed by atoms with Gasteiger partial charge in [0.05, 0.1) is 0 Å². The number of carbonyl (C=O) groups excluding carboxylic acids is 3. The summed E-state index contributed by atoms with van der Waals surface area (Å²) in [6, 6.07) is 13.9. The number of halogens is 1. The van der Waals surface area contributed by atoms with Crippen molar-refractivity contribution in [1.29, 1.82) is 0 Å². The third kappa shape index (κ3) is 5.94. The average Bonchev–Trinajstić information content (AvgIpc) is 2.73. The van der Waals surface area contributed by atoms with Crippen molar-refractivity contribution in [1.82, 2.24) is 10.2 Å². The third-order valence-corrected chi connectivity index (χ3v) is 5.13. The molecule has 30 heavy (non-hydrogen) atoms. The second-order valence-electron chi connectivity index (χ2n) is 7.05. The summed E-state index contributed by atoms with van der Waals surface area (Å²) in [5, 5.41) is 3.56. The molecule has 1 saturated heterocycles. The molecule has 2 aromatic carbocycles. The maximum atomic E-state index is 12.7. The molecule has 0 saturated carbocycles. The molecular formula is C23H23ClN2O4. The zero-order valence-corrected chi connectivity index (χ0v) is 17.4. The van der Waals surface area contributed by atoms with E-state index in [9.17, 15) is 14.4 Å². The van der Waals surface area contributed by atoms with Gasteiger partial charge in [0.15, 0.2) is 0 Å². The maximum absolute atomic E-state index is 12.7. The Kier molecular flexibility index (Phi) is 7.25. The predicted molar refractivity (Wildman–Crippen MR) is 115 cm³/mol. The zero-order chi connectivity index (χ0) is 21.5. The first-order valence-corrected chi connectivity index (χ1v) is 10.1. The number of nitrogens with one attached hydrogen (secondary N) is 1. The molecule has 7 heteroatoms. The number of carbonyl (C=O) groups is 3. The first kappa shape index (κ1) is 21.6. The van der Waals surface area contributed by atoms with Gasteiger partial charge < -0.3 is 15.0 Å². The third-order valence-electron chi connectivity index (χ3n) is 4.79. The predicted octanol–water partition coefficient (Wildman–Crippen LogP) is 3.70. The number of hydrogen-bond donors (Lipinski definition) is 1. The van der Waals surface area contributed by atoms with Gasteiger partial charge in [-0.05, 0) is 48.7 Å². The largest absolute Gasteiger partial charge is 0.427 e. The van der Waals surface area contributed by atoms with Crippen molar-refractivity contribution in [2.24, 2.45) is 0 Å².